The van der Waals surface area contributed by atoms with Crippen LogP contribution in [-0.4, -0.2) is 88.8 Å². The Balaban J connectivity index is 6.15. The lowest BCUT2D eigenvalue weighted by Crippen LogP contribution is -2.59. The van der Waals surface area contributed by atoms with Crippen molar-refractivity contribution in [1.29, 1.82) is 0 Å². The van der Waals surface area contributed by atoms with E-state index in [4.69, 9.17) is 5.73 Å². The average Bonchev–Trinajstić information content (AvgIpc) is 2.86. The van der Waals surface area contributed by atoms with Gasteiger partial charge in [-0.25, -0.2) is 4.79 Å². The van der Waals surface area contributed by atoms with Crippen LogP contribution in [0.1, 0.15) is 101 Å². The Labute approximate surface area is 260 Å². The zero-order valence-electron chi connectivity index (χ0n) is 28.8. The molecule has 4 amide bonds. The number of carboxylic acid groups (broad SMARTS) is 1. The van der Waals surface area contributed by atoms with E-state index in [1.54, 1.807) is 7.05 Å². The Morgan fingerprint density at radius 3 is 1.35 bits per heavy atom. The van der Waals surface area contributed by atoms with E-state index >= 15 is 0 Å². The Morgan fingerprint density at radius 1 is 0.558 bits per heavy atom. The fourth-order valence-corrected chi connectivity index (χ4v) is 5.12. The summed E-state index contributed by atoms with van der Waals surface area (Å²) < 4.78 is 0. The second-order valence-electron chi connectivity index (χ2n) is 14.1. The van der Waals surface area contributed by atoms with Crippen molar-refractivity contribution in [2.45, 2.75) is 132 Å². The number of hydrogen-bond donors (Lipinski definition) is 4. The molecule has 0 aliphatic rings. The first kappa shape index (κ1) is 40.3. The van der Waals surface area contributed by atoms with Crippen LogP contribution in [0.3, 0.4) is 0 Å². The van der Waals surface area contributed by atoms with Crippen LogP contribution in [0, 0.1) is 29.6 Å². The zero-order valence-corrected chi connectivity index (χ0v) is 28.8. The van der Waals surface area contributed by atoms with E-state index in [-0.39, 0.29) is 41.9 Å². The summed E-state index contributed by atoms with van der Waals surface area (Å²) in [6, 6.07) is -4.54. The van der Waals surface area contributed by atoms with Gasteiger partial charge in [-0.2, -0.15) is 0 Å². The summed E-state index contributed by atoms with van der Waals surface area (Å²) in [7, 11) is 3.01. The summed E-state index contributed by atoms with van der Waals surface area (Å²) in [6.45, 7) is 19.3. The number of nitrogens with two attached hydrogens (primary N) is 1. The lowest BCUT2D eigenvalue weighted by atomic mass is 9.97. The highest BCUT2D eigenvalue weighted by atomic mass is 16.4. The molecule has 0 bridgehead atoms. The van der Waals surface area contributed by atoms with Gasteiger partial charge in [0, 0.05) is 14.1 Å². The first-order chi connectivity index (χ1) is 19.7. The number of likely N-dealkylation sites (N-methyl/N-ethyl adjacent to an activating group) is 2. The molecule has 5 atom stereocenters. The molecule has 11 nitrogen and oxygen atoms in total. The van der Waals surface area contributed by atoms with Gasteiger partial charge >= 0.3 is 5.97 Å². The van der Waals surface area contributed by atoms with Gasteiger partial charge in [-0.3, -0.25) is 19.2 Å². The van der Waals surface area contributed by atoms with E-state index in [1.807, 2.05) is 69.2 Å². The van der Waals surface area contributed by atoms with Crippen LogP contribution in [0.15, 0.2) is 0 Å². The molecule has 0 heterocycles. The Hall–Kier alpha value is -2.69. The van der Waals surface area contributed by atoms with E-state index in [0.29, 0.717) is 25.7 Å². The lowest BCUT2D eigenvalue weighted by Gasteiger charge is -2.33. The Bertz CT molecular complexity index is 920. The van der Waals surface area contributed by atoms with Crippen LogP contribution in [0.5, 0.6) is 0 Å². The normalized spacial score (nSPS) is 15.3. The molecule has 11 heteroatoms. The molecule has 0 radical (unpaired) electrons. The number of nitrogens with one attached hydrogen (secondary N) is 2. The molecule has 0 unspecified atom stereocenters. The van der Waals surface area contributed by atoms with Crippen molar-refractivity contribution in [2.75, 3.05) is 14.1 Å². The number of amides is 4. The quantitative estimate of drug-likeness (QED) is 0.174. The minimum absolute atomic E-state index is 0.0271. The minimum atomic E-state index is -1.10. The number of rotatable bonds is 19. The Kier molecular flexibility index (Phi) is 17.7. The molecule has 0 rings (SSSR count). The van der Waals surface area contributed by atoms with Crippen molar-refractivity contribution in [3.05, 3.63) is 0 Å². The summed E-state index contributed by atoms with van der Waals surface area (Å²) in [5.74, 6) is -2.53. The molecule has 0 fully saturated rings. The molecular formula is C32H61N5O6. The molecule has 0 spiro atoms. The molecule has 0 saturated carbocycles. The monoisotopic (exact) mass is 611 g/mol. The number of aliphatic carboxylic acids is 1. The summed E-state index contributed by atoms with van der Waals surface area (Å²) in [6.07, 6.45) is 1.74. The third kappa shape index (κ3) is 14.6. The molecule has 43 heavy (non-hydrogen) atoms. The smallest absolute Gasteiger partial charge is 0.326 e. The maximum Gasteiger partial charge on any atom is 0.326 e. The fraction of sp³-hybridized carbons (Fsp3) is 0.844. The maximum absolute atomic E-state index is 13.7. The largest absolute Gasteiger partial charge is 0.480 e. The van der Waals surface area contributed by atoms with Crippen LogP contribution >= 0.6 is 0 Å². The van der Waals surface area contributed by atoms with Gasteiger partial charge in [-0.05, 0) is 61.7 Å². The van der Waals surface area contributed by atoms with Crippen molar-refractivity contribution < 1.29 is 29.1 Å². The van der Waals surface area contributed by atoms with Gasteiger partial charge in [0.1, 0.15) is 24.2 Å². The molecule has 0 aromatic carbocycles. The molecule has 0 saturated heterocycles. The summed E-state index contributed by atoms with van der Waals surface area (Å²) in [5.41, 5.74) is 6.16. The predicted octanol–water partition coefficient (Wildman–Crippen LogP) is 3.25. The highest BCUT2D eigenvalue weighted by Crippen LogP contribution is 2.17. The zero-order chi connectivity index (χ0) is 33.8. The molecule has 0 aromatic rings. The van der Waals surface area contributed by atoms with Crippen molar-refractivity contribution in [3.63, 3.8) is 0 Å². The van der Waals surface area contributed by atoms with Crippen LogP contribution in [0.25, 0.3) is 0 Å². The minimum Gasteiger partial charge on any atom is -0.480 e. The van der Waals surface area contributed by atoms with E-state index in [9.17, 15) is 29.1 Å². The first-order valence-electron chi connectivity index (χ1n) is 15.8. The van der Waals surface area contributed by atoms with Crippen LogP contribution in [-0.2, 0) is 24.0 Å². The van der Waals surface area contributed by atoms with Gasteiger partial charge in [0.2, 0.25) is 23.6 Å². The topological polar surface area (TPSA) is 162 Å². The van der Waals surface area contributed by atoms with Crippen molar-refractivity contribution in [2.24, 2.45) is 35.3 Å². The molecule has 0 aromatic heterocycles. The molecular weight excluding hydrogens is 550 g/mol. The maximum atomic E-state index is 13.7. The van der Waals surface area contributed by atoms with E-state index in [2.05, 4.69) is 10.6 Å². The van der Waals surface area contributed by atoms with Crippen LogP contribution in [0.2, 0.25) is 0 Å². The SMILES string of the molecule is CC(C)C[C@H](NC(=O)[C@H](CC(C)C)N(C)C(=O)[C@@H](N)CC(C)C)C(=O)N[C@@H](CC(C)C)C(=O)N(C)[C@@H](CC(C)C)C(=O)O. The second-order valence-corrected chi connectivity index (χ2v) is 14.1. The van der Waals surface area contributed by atoms with Crippen LogP contribution in [0.4, 0.5) is 0 Å². The molecule has 0 aliphatic carbocycles. The average molecular weight is 612 g/mol. The highest BCUT2D eigenvalue weighted by Gasteiger charge is 2.36. The van der Waals surface area contributed by atoms with Crippen LogP contribution < -0.4 is 16.4 Å². The number of carbonyl (C=O) groups is 5. The first-order valence-corrected chi connectivity index (χ1v) is 15.8. The second kappa shape index (κ2) is 18.9. The Morgan fingerprint density at radius 2 is 0.930 bits per heavy atom. The van der Waals surface area contributed by atoms with Crippen molar-refractivity contribution in [3.8, 4) is 0 Å². The number of carboxylic acids is 1. The molecule has 0 aliphatic heterocycles. The van der Waals surface area contributed by atoms with Crippen molar-refractivity contribution >= 4 is 29.6 Å². The number of hydrogen-bond acceptors (Lipinski definition) is 6. The predicted molar refractivity (Wildman–Crippen MR) is 170 cm³/mol. The highest BCUT2D eigenvalue weighted by molar-refractivity contribution is 5.95. The number of carbonyl (C=O) groups excluding carboxylic acids is 4. The number of nitrogens with zero attached hydrogens (tertiary/aromatic N) is 2. The summed E-state index contributed by atoms with van der Waals surface area (Å²) >= 11 is 0. The van der Waals surface area contributed by atoms with E-state index < -0.39 is 53.9 Å². The van der Waals surface area contributed by atoms with E-state index in [0.717, 1.165) is 0 Å². The molecule has 250 valence electrons. The third-order valence-corrected chi connectivity index (χ3v) is 7.31. The summed E-state index contributed by atoms with van der Waals surface area (Å²) in [4.78, 5) is 68.6. The molecule has 5 N–H and O–H groups in total. The van der Waals surface area contributed by atoms with E-state index in [1.165, 1.54) is 16.8 Å². The lowest BCUT2D eigenvalue weighted by molar-refractivity contribution is -0.151. The van der Waals surface area contributed by atoms with Gasteiger partial charge in [0.05, 0.1) is 6.04 Å². The summed E-state index contributed by atoms with van der Waals surface area (Å²) in [5, 5.41) is 15.5. The fourth-order valence-electron chi connectivity index (χ4n) is 5.12. The third-order valence-electron chi connectivity index (χ3n) is 7.31. The van der Waals surface area contributed by atoms with Gasteiger partial charge < -0.3 is 31.3 Å². The van der Waals surface area contributed by atoms with Crippen molar-refractivity contribution in [1.82, 2.24) is 20.4 Å². The van der Waals surface area contributed by atoms with Gasteiger partial charge in [0.25, 0.3) is 0 Å². The van der Waals surface area contributed by atoms with Gasteiger partial charge in [-0.15, -0.1) is 0 Å². The van der Waals surface area contributed by atoms with Gasteiger partial charge in [0.15, 0.2) is 0 Å². The standard InChI is InChI=1S/C32H61N5O6/c1-18(2)13-23(33)30(40)36(11)26(16-21(7)8)29(39)34-24(14-19(3)4)28(38)35-25(15-20(5)6)31(41)37(12)27(32(42)43)17-22(9)10/h18-27H,13-17,33H2,1-12H3,(H,34,39)(H,35,38)(H,42,43)/t23-,24-,25-,26-,27-/m0/s1. The van der Waals surface area contributed by atoms with Gasteiger partial charge in [-0.1, -0.05) is 69.2 Å².